The normalized spacial score (nSPS) is 20.2. The van der Waals surface area contributed by atoms with Crippen LogP contribution in [-0.2, 0) is 0 Å². The first kappa shape index (κ1) is 19.8. The Bertz CT molecular complexity index is 746. The average molecular weight is 383 g/mol. The maximum Gasteiger partial charge on any atom is 0.257 e. The van der Waals surface area contributed by atoms with E-state index in [1.807, 2.05) is 36.1 Å². The highest BCUT2D eigenvalue weighted by atomic mass is 35.5. The molecule has 0 radical (unpaired) electrons. The Morgan fingerprint density at radius 2 is 2.20 bits per heavy atom. The van der Waals surface area contributed by atoms with Crippen molar-refractivity contribution in [1.29, 1.82) is 0 Å². The van der Waals surface area contributed by atoms with Gasteiger partial charge in [-0.1, -0.05) is 24.6 Å². The predicted octanol–water partition coefficient (Wildman–Crippen LogP) is 3.46. The number of aromatic nitrogens is 2. The third-order valence-corrected chi connectivity index (χ3v) is 5.04. The van der Waals surface area contributed by atoms with Gasteiger partial charge in [-0.15, -0.1) is 12.4 Å². The summed E-state index contributed by atoms with van der Waals surface area (Å²) in [7, 11) is 0. The van der Waals surface area contributed by atoms with Crippen molar-refractivity contribution in [1.82, 2.24) is 14.7 Å². The zero-order chi connectivity index (χ0) is 17.3. The molecule has 3 rings (SSSR count). The summed E-state index contributed by atoms with van der Waals surface area (Å²) < 4.78 is 1.75. The van der Waals surface area contributed by atoms with E-state index in [0.717, 1.165) is 30.8 Å². The standard InChI is InChI=1S/C18H23ClN4O.ClH/c1-12-6-7-22(16(8-12)10-20)18(24)17-11-21-23(13(17)2)15-5-3-4-14(19)9-15;/h3-5,9,11-12,16H,6-8,10,20H2,1-2H3;1H. The van der Waals surface area contributed by atoms with Crippen molar-refractivity contribution >= 4 is 29.9 Å². The minimum absolute atomic E-state index is 0. The molecular formula is C18H24Cl2N4O. The summed E-state index contributed by atoms with van der Waals surface area (Å²) in [5.41, 5.74) is 8.19. The van der Waals surface area contributed by atoms with Crippen LogP contribution in [0.2, 0.25) is 5.02 Å². The van der Waals surface area contributed by atoms with E-state index in [9.17, 15) is 4.79 Å². The molecule has 5 nitrogen and oxygen atoms in total. The van der Waals surface area contributed by atoms with Crippen LogP contribution in [0.15, 0.2) is 30.5 Å². The van der Waals surface area contributed by atoms with Crippen LogP contribution >= 0.6 is 24.0 Å². The maximum absolute atomic E-state index is 13.0. The molecule has 1 aromatic heterocycles. The first-order chi connectivity index (χ1) is 11.5. The van der Waals surface area contributed by atoms with Crippen LogP contribution in [0, 0.1) is 12.8 Å². The summed E-state index contributed by atoms with van der Waals surface area (Å²) in [6.07, 6.45) is 3.62. The molecule has 2 aromatic rings. The molecule has 0 aliphatic carbocycles. The number of carbonyl (C=O) groups is 1. The van der Waals surface area contributed by atoms with Crippen molar-refractivity contribution in [3.8, 4) is 5.69 Å². The van der Waals surface area contributed by atoms with Crippen LogP contribution in [0.4, 0.5) is 0 Å². The van der Waals surface area contributed by atoms with Crippen molar-refractivity contribution in [3.05, 3.63) is 46.7 Å². The number of nitrogens with zero attached hydrogens (tertiary/aromatic N) is 3. The third kappa shape index (κ3) is 4.00. The maximum atomic E-state index is 13.0. The number of rotatable bonds is 3. The van der Waals surface area contributed by atoms with Gasteiger partial charge in [0.25, 0.3) is 5.91 Å². The Balaban J connectivity index is 0.00000225. The molecule has 1 aromatic carbocycles. The number of halogens is 2. The van der Waals surface area contributed by atoms with Crippen molar-refractivity contribution in [2.24, 2.45) is 11.7 Å². The minimum atomic E-state index is 0. The number of nitrogens with two attached hydrogens (primary N) is 1. The molecule has 7 heteroatoms. The summed E-state index contributed by atoms with van der Waals surface area (Å²) in [6.45, 7) is 5.37. The van der Waals surface area contributed by atoms with E-state index >= 15 is 0 Å². The molecule has 0 bridgehead atoms. The second-order valence-corrected chi connectivity index (χ2v) is 6.99. The third-order valence-electron chi connectivity index (χ3n) is 4.80. The number of hydrogen-bond donors (Lipinski definition) is 1. The zero-order valence-corrected chi connectivity index (χ0v) is 16.1. The van der Waals surface area contributed by atoms with Crippen molar-refractivity contribution in [2.75, 3.05) is 13.1 Å². The Kier molecular flexibility index (Phi) is 6.49. The molecule has 2 heterocycles. The van der Waals surface area contributed by atoms with Crippen LogP contribution in [0.5, 0.6) is 0 Å². The topological polar surface area (TPSA) is 64.2 Å². The smallest absolute Gasteiger partial charge is 0.257 e. The lowest BCUT2D eigenvalue weighted by Gasteiger charge is -2.38. The average Bonchev–Trinajstić information content (AvgIpc) is 2.95. The Hall–Kier alpha value is -1.56. The molecule has 0 spiro atoms. The monoisotopic (exact) mass is 382 g/mol. The largest absolute Gasteiger partial charge is 0.334 e. The molecule has 1 amide bonds. The number of amides is 1. The molecule has 2 unspecified atom stereocenters. The molecule has 1 aliphatic heterocycles. The van der Waals surface area contributed by atoms with E-state index in [2.05, 4.69) is 12.0 Å². The van der Waals surface area contributed by atoms with Crippen LogP contribution < -0.4 is 5.73 Å². The SMILES string of the molecule is Cc1c(C(=O)N2CCC(C)CC2CN)cnn1-c1cccc(Cl)c1.Cl. The summed E-state index contributed by atoms with van der Waals surface area (Å²) in [5, 5.41) is 5.03. The molecule has 2 N–H and O–H groups in total. The van der Waals surface area contributed by atoms with E-state index in [1.165, 1.54) is 0 Å². The minimum Gasteiger partial charge on any atom is -0.334 e. The molecule has 2 atom stereocenters. The van der Waals surface area contributed by atoms with E-state index in [-0.39, 0.29) is 24.4 Å². The lowest BCUT2D eigenvalue weighted by atomic mass is 9.92. The predicted molar refractivity (Wildman–Crippen MR) is 103 cm³/mol. The first-order valence-electron chi connectivity index (χ1n) is 8.33. The highest BCUT2D eigenvalue weighted by molar-refractivity contribution is 6.30. The summed E-state index contributed by atoms with van der Waals surface area (Å²) in [4.78, 5) is 14.9. The van der Waals surface area contributed by atoms with Gasteiger partial charge in [0.2, 0.25) is 0 Å². The highest BCUT2D eigenvalue weighted by Crippen LogP contribution is 2.25. The van der Waals surface area contributed by atoms with Gasteiger partial charge in [0.15, 0.2) is 0 Å². The second kappa shape index (κ2) is 8.21. The molecule has 1 saturated heterocycles. The van der Waals surface area contributed by atoms with E-state index < -0.39 is 0 Å². The van der Waals surface area contributed by atoms with Gasteiger partial charge in [0, 0.05) is 24.2 Å². The molecule has 1 aliphatic rings. The van der Waals surface area contributed by atoms with Gasteiger partial charge in [0.05, 0.1) is 23.1 Å². The van der Waals surface area contributed by atoms with Gasteiger partial charge in [0.1, 0.15) is 0 Å². The van der Waals surface area contributed by atoms with Crippen LogP contribution in [-0.4, -0.2) is 39.7 Å². The van der Waals surface area contributed by atoms with Gasteiger partial charge in [-0.05, 0) is 43.9 Å². The number of carbonyl (C=O) groups excluding carboxylic acids is 1. The lowest BCUT2D eigenvalue weighted by molar-refractivity contribution is 0.0573. The van der Waals surface area contributed by atoms with Gasteiger partial charge >= 0.3 is 0 Å². The fourth-order valence-corrected chi connectivity index (χ4v) is 3.57. The summed E-state index contributed by atoms with van der Waals surface area (Å²) in [6, 6.07) is 7.55. The van der Waals surface area contributed by atoms with Crippen molar-refractivity contribution in [3.63, 3.8) is 0 Å². The lowest BCUT2D eigenvalue weighted by Crippen LogP contribution is -2.49. The highest BCUT2D eigenvalue weighted by Gasteiger charge is 2.31. The van der Waals surface area contributed by atoms with E-state index in [4.69, 9.17) is 17.3 Å². The van der Waals surface area contributed by atoms with Gasteiger partial charge in [-0.25, -0.2) is 4.68 Å². The Labute approximate surface area is 159 Å². The Morgan fingerprint density at radius 3 is 2.88 bits per heavy atom. The first-order valence-corrected chi connectivity index (χ1v) is 8.70. The fraction of sp³-hybridized carbons (Fsp3) is 0.444. The number of hydrogen-bond acceptors (Lipinski definition) is 3. The molecule has 25 heavy (non-hydrogen) atoms. The molecule has 0 saturated carbocycles. The van der Waals surface area contributed by atoms with Gasteiger partial charge in [-0.3, -0.25) is 4.79 Å². The fourth-order valence-electron chi connectivity index (χ4n) is 3.38. The Morgan fingerprint density at radius 1 is 1.44 bits per heavy atom. The van der Waals surface area contributed by atoms with Crippen molar-refractivity contribution < 1.29 is 4.79 Å². The molecular weight excluding hydrogens is 359 g/mol. The van der Waals surface area contributed by atoms with E-state index in [0.29, 0.717) is 23.0 Å². The van der Waals surface area contributed by atoms with Crippen LogP contribution in [0.1, 0.15) is 35.8 Å². The molecule has 1 fully saturated rings. The van der Waals surface area contributed by atoms with Crippen LogP contribution in [0.25, 0.3) is 5.69 Å². The van der Waals surface area contributed by atoms with E-state index in [1.54, 1.807) is 10.9 Å². The van der Waals surface area contributed by atoms with Gasteiger partial charge in [-0.2, -0.15) is 5.10 Å². The van der Waals surface area contributed by atoms with Crippen molar-refractivity contribution in [2.45, 2.75) is 32.7 Å². The van der Waals surface area contributed by atoms with Gasteiger partial charge < -0.3 is 10.6 Å². The number of benzene rings is 1. The summed E-state index contributed by atoms with van der Waals surface area (Å²) >= 11 is 6.06. The zero-order valence-electron chi connectivity index (χ0n) is 14.5. The number of piperidine rings is 1. The quantitative estimate of drug-likeness (QED) is 0.883. The van der Waals surface area contributed by atoms with Crippen LogP contribution in [0.3, 0.4) is 0 Å². The second-order valence-electron chi connectivity index (χ2n) is 6.55. The molecule has 136 valence electrons. The summed E-state index contributed by atoms with van der Waals surface area (Å²) in [5.74, 6) is 0.626. The number of likely N-dealkylation sites (tertiary alicyclic amines) is 1.